The van der Waals surface area contributed by atoms with E-state index in [9.17, 15) is 13.2 Å². The van der Waals surface area contributed by atoms with Gasteiger partial charge in [0.15, 0.2) is 9.84 Å². The van der Waals surface area contributed by atoms with Crippen molar-refractivity contribution in [3.63, 3.8) is 0 Å². The summed E-state index contributed by atoms with van der Waals surface area (Å²) in [6, 6.07) is 11.1. The smallest absolute Gasteiger partial charge is 0.256 e. The van der Waals surface area contributed by atoms with Gasteiger partial charge in [0.2, 0.25) is 0 Å². The minimum atomic E-state index is -3.37. The fraction of sp³-hybridized carbons (Fsp3) is 0.150. The molecule has 156 valence electrons. The van der Waals surface area contributed by atoms with Gasteiger partial charge in [-0.05, 0) is 36.4 Å². The van der Waals surface area contributed by atoms with Crippen molar-refractivity contribution in [1.82, 2.24) is 15.3 Å². The number of benzene rings is 2. The van der Waals surface area contributed by atoms with Crippen LogP contribution in [0, 0.1) is 0 Å². The van der Waals surface area contributed by atoms with Crippen molar-refractivity contribution < 1.29 is 13.2 Å². The molecule has 8 nitrogen and oxygen atoms in total. The van der Waals surface area contributed by atoms with Gasteiger partial charge in [-0.2, -0.15) is 0 Å². The molecule has 0 fully saturated rings. The number of carbonyl (C=O) groups excluding carboxylic acids is 1. The number of carbonyl (C=O) groups is 1. The third kappa shape index (κ3) is 5.91. The molecule has 0 aliphatic rings. The third-order valence-electron chi connectivity index (χ3n) is 4.15. The number of nitrogens with zero attached hydrogens (tertiary/aromatic N) is 2. The van der Waals surface area contributed by atoms with E-state index in [2.05, 4.69) is 25.6 Å². The van der Waals surface area contributed by atoms with Crippen LogP contribution in [0.1, 0.15) is 16.1 Å². The van der Waals surface area contributed by atoms with Crippen molar-refractivity contribution in [3.05, 3.63) is 71.3 Å². The molecule has 30 heavy (non-hydrogen) atoms. The summed E-state index contributed by atoms with van der Waals surface area (Å²) in [6.07, 6.45) is 6.39. The number of aromatic nitrogens is 2. The zero-order valence-electron chi connectivity index (χ0n) is 16.1. The van der Waals surface area contributed by atoms with Crippen molar-refractivity contribution in [3.8, 4) is 0 Å². The number of anilines is 1. The van der Waals surface area contributed by atoms with E-state index in [1.165, 1.54) is 18.5 Å². The van der Waals surface area contributed by atoms with E-state index in [0.29, 0.717) is 34.9 Å². The Kier molecular flexibility index (Phi) is 6.86. The molecule has 1 heterocycles. The molecular formula is C20H20ClN5O3S. The summed E-state index contributed by atoms with van der Waals surface area (Å²) in [7, 11) is -3.37. The van der Waals surface area contributed by atoms with Gasteiger partial charge in [0.1, 0.15) is 0 Å². The predicted octanol–water partition coefficient (Wildman–Crippen LogP) is 3.21. The van der Waals surface area contributed by atoms with Crippen molar-refractivity contribution in [1.29, 1.82) is 0 Å². The lowest BCUT2D eigenvalue weighted by molar-refractivity contribution is 0.0978. The lowest BCUT2D eigenvalue weighted by atomic mass is 10.2. The molecule has 0 spiro atoms. The molecule has 0 saturated heterocycles. The average Bonchev–Trinajstić information content (AvgIpc) is 3.21. The van der Waals surface area contributed by atoms with Gasteiger partial charge in [-0.15, -0.1) is 0 Å². The Bertz CT molecular complexity index is 1160. The number of H-pyrrole nitrogens is 1. The van der Waals surface area contributed by atoms with Crippen LogP contribution in [0.15, 0.2) is 64.9 Å². The van der Waals surface area contributed by atoms with Gasteiger partial charge in [0, 0.05) is 41.7 Å². The number of amides is 1. The van der Waals surface area contributed by atoms with Gasteiger partial charge < -0.3 is 15.6 Å². The number of halogens is 1. The van der Waals surface area contributed by atoms with Crippen molar-refractivity contribution in [2.45, 2.75) is 11.3 Å². The van der Waals surface area contributed by atoms with Gasteiger partial charge in [0.05, 0.1) is 28.9 Å². The molecule has 10 heteroatoms. The van der Waals surface area contributed by atoms with Crippen molar-refractivity contribution in [2.24, 2.45) is 4.99 Å². The number of hydrogen-bond acceptors (Lipinski definition) is 6. The number of rotatable bonds is 8. The summed E-state index contributed by atoms with van der Waals surface area (Å²) in [4.78, 5) is 23.6. The molecule has 3 aromatic rings. The first-order valence-corrected chi connectivity index (χ1v) is 11.2. The summed E-state index contributed by atoms with van der Waals surface area (Å²) < 4.78 is 23.8. The monoisotopic (exact) mass is 445 g/mol. The highest BCUT2D eigenvalue weighted by Crippen LogP contribution is 2.28. The highest BCUT2D eigenvalue weighted by molar-refractivity contribution is 7.90. The summed E-state index contributed by atoms with van der Waals surface area (Å²) in [5, 5.41) is 6.22. The van der Waals surface area contributed by atoms with Gasteiger partial charge in [-0.3, -0.25) is 4.79 Å². The van der Waals surface area contributed by atoms with Gasteiger partial charge in [-0.25, -0.2) is 18.4 Å². The standard InChI is InChI=1S/C20H20ClN5O3S/c1-30(28,29)17-5-6-18(19(10-17)23-8-7-16-11-22-12-24-16)25-13-26-20(27)14-3-2-4-15(21)9-14/h2-6,9-13,23H,7-8H2,1H3,(H,22,24)(H,25,26,27). The molecule has 0 aliphatic heterocycles. The first-order valence-electron chi connectivity index (χ1n) is 8.97. The lowest BCUT2D eigenvalue weighted by Crippen LogP contribution is -2.21. The molecule has 0 radical (unpaired) electrons. The van der Waals surface area contributed by atoms with Crippen LogP contribution in [0.25, 0.3) is 0 Å². The van der Waals surface area contributed by atoms with Crippen LogP contribution in [-0.2, 0) is 16.3 Å². The zero-order valence-corrected chi connectivity index (χ0v) is 17.7. The quantitative estimate of drug-likeness (QED) is 0.363. The Balaban J connectivity index is 1.74. The number of aromatic amines is 1. The van der Waals surface area contributed by atoms with E-state index in [1.54, 1.807) is 42.9 Å². The molecule has 3 N–H and O–H groups in total. The average molecular weight is 446 g/mol. The second kappa shape index (κ2) is 9.55. The van der Waals surface area contributed by atoms with E-state index in [-0.39, 0.29) is 10.8 Å². The summed E-state index contributed by atoms with van der Waals surface area (Å²) in [5.74, 6) is -0.359. The highest BCUT2D eigenvalue weighted by Gasteiger charge is 2.11. The summed E-state index contributed by atoms with van der Waals surface area (Å²) in [5.41, 5.74) is 2.36. The maximum atomic E-state index is 12.2. The number of nitrogens with one attached hydrogen (secondary N) is 3. The molecule has 3 rings (SSSR count). The SMILES string of the molecule is CS(=O)(=O)c1ccc(N=CNC(=O)c2cccc(Cl)c2)c(NCCc2cnc[nH]2)c1. The number of aliphatic imine (C=N–C) groups is 1. The molecule has 0 unspecified atom stereocenters. The zero-order chi connectivity index (χ0) is 21.6. The predicted molar refractivity (Wildman–Crippen MR) is 117 cm³/mol. The van der Waals surface area contributed by atoms with Crippen molar-refractivity contribution in [2.75, 3.05) is 18.1 Å². The van der Waals surface area contributed by atoms with E-state index in [0.717, 1.165) is 11.9 Å². The Morgan fingerprint density at radius 3 is 2.80 bits per heavy atom. The third-order valence-corrected chi connectivity index (χ3v) is 5.49. The number of hydrogen-bond donors (Lipinski definition) is 3. The molecule has 2 aromatic carbocycles. The van der Waals surface area contributed by atoms with E-state index in [4.69, 9.17) is 11.6 Å². The number of imidazole rings is 1. The first kappa shape index (κ1) is 21.5. The maximum absolute atomic E-state index is 12.2. The van der Waals surface area contributed by atoms with Gasteiger partial charge >= 0.3 is 0 Å². The topological polar surface area (TPSA) is 116 Å². The Morgan fingerprint density at radius 1 is 1.27 bits per heavy atom. The van der Waals surface area contributed by atoms with E-state index < -0.39 is 9.84 Å². The van der Waals surface area contributed by atoms with Crippen LogP contribution in [0.2, 0.25) is 5.02 Å². The van der Waals surface area contributed by atoms with Crippen LogP contribution in [-0.4, -0.2) is 43.4 Å². The maximum Gasteiger partial charge on any atom is 0.256 e. The van der Waals surface area contributed by atoms with Gasteiger partial charge in [0.25, 0.3) is 5.91 Å². The second-order valence-electron chi connectivity index (χ2n) is 6.45. The number of sulfone groups is 1. The molecule has 0 aliphatic carbocycles. The van der Waals surface area contributed by atoms with Crippen LogP contribution in [0.5, 0.6) is 0 Å². The molecule has 0 atom stereocenters. The van der Waals surface area contributed by atoms with E-state index >= 15 is 0 Å². The Hall–Kier alpha value is -3.17. The first-order chi connectivity index (χ1) is 14.3. The minimum absolute atomic E-state index is 0.174. The van der Waals surface area contributed by atoms with E-state index in [1.807, 2.05) is 0 Å². The molecular weight excluding hydrogens is 426 g/mol. The molecule has 0 saturated carbocycles. The fourth-order valence-electron chi connectivity index (χ4n) is 2.63. The lowest BCUT2D eigenvalue weighted by Gasteiger charge is -2.11. The molecule has 1 aromatic heterocycles. The molecule has 1 amide bonds. The van der Waals surface area contributed by atoms with Gasteiger partial charge in [-0.1, -0.05) is 17.7 Å². The highest BCUT2D eigenvalue weighted by atomic mass is 35.5. The van der Waals surface area contributed by atoms with Crippen LogP contribution < -0.4 is 10.6 Å². The minimum Gasteiger partial charge on any atom is -0.383 e. The van der Waals surface area contributed by atoms with Crippen LogP contribution >= 0.6 is 11.6 Å². The summed E-state index contributed by atoms with van der Waals surface area (Å²) in [6.45, 7) is 0.535. The largest absolute Gasteiger partial charge is 0.383 e. The molecule has 0 bridgehead atoms. The Morgan fingerprint density at radius 2 is 2.10 bits per heavy atom. The second-order valence-corrected chi connectivity index (χ2v) is 8.90. The Labute approximate surface area is 179 Å². The van der Waals surface area contributed by atoms with Crippen molar-refractivity contribution >= 4 is 45.1 Å². The fourth-order valence-corrected chi connectivity index (χ4v) is 3.46. The normalized spacial score (nSPS) is 11.5. The summed E-state index contributed by atoms with van der Waals surface area (Å²) >= 11 is 5.90. The van der Waals surface area contributed by atoms with Crippen LogP contribution in [0.3, 0.4) is 0 Å². The van der Waals surface area contributed by atoms with Crippen LogP contribution in [0.4, 0.5) is 11.4 Å².